The maximum atomic E-state index is 5.75. The number of rotatable bonds is 6. The molecule has 3 rings (SSSR count). The Hall–Kier alpha value is -1.39. The minimum absolute atomic E-state index is 0.534. The van der Waals surface area contributed by atoms with Crippen molar-refractivity contribution in [1.82, 2.24) is 10.3 Å². The highest BCUT2D eigenvalue weighted by Crippen LogP contribution is 2.19. The molecule has 0 radical (unpaired) electrons. The summed E-state index contributed by atoms with van der Waals surface area (Å²) in [6, 6.07) is 14.7. The van der Waals surface area contributed by atoms with Crippen LogP contribution in [0, 0.1) is 0 Å². The molecule has 0 spiro atoms. The van der Waals surface area contributed by atoms with Gasteiger partial charge < -0.3 is 10.1 Å². The largest absolute Gasteiger partial charge is 0.473 e. The molecular formula is C16H17BrN2O. The summed E-state index contributed by atoms with van der Waals surface area (Å²) in [6.45, 7) is 1.35. The van der Waals surface area contributed by atoms with E-state index in [2.05, 4.69) is 32.3 Å². The van der Waals surface area contributed by atoms with E-state index in [1.807, 2.05) is 36.4 Å². The van der Waals surface area contributed by atoms with Crippen LogP contribution in [0.3, 0.4) is 0 Å². The Balaban J connectivity index is 1.57. The molecular weight excluding hydrogens is 316 g/mol. The summed E-state index contributed by atoms with van der Waals surface area (Å²) in [5, 5.41) is 3.46. The fourth-order valence-electron chi connectivity index (χ4n) is 1.96. The molecule has 2 aromatic rings. The van der Waals surface area contributed by atoms with Crippen LogP contribution in [-0.4, -0.2) is 11.0 Å². The van der Waals surface area contributed by atoms with Crippen LogP contribution in [0.4, 0.5) is 0 Å². The highest BCUT2D eigenvalue weighted by molar-refractivity contribution is 9.10. The van der Waals surface area contributed by atoms with Gasteiger partial charge in [-0.2, -0.15) is 0 Å². The molecule has 0 atom stereocenters. The molecule has 1 saturated carbocycles. The van der Waals surface area contributed by atoms with Gasteiger partial charge in [-0.3, -0.25) is 0 Å². The first-order valence-electron chi connectivity index (χ1n) is 6.86. The maximum Gasteiger partial charge on any atom is 0.213 e. The van der Waals surface area contributed by atoms with Crippen LogP contribution in [-0.2, 0) is 13.2 Å². The molecule has 1 fully saturated rings. The number of pyridine rings is 1. The summed E-state index contributed by atoms with van der Waals surface area (Å²) in [5.74, 6) is 0.681. The fraction of sp³-hybridized carbons (Fsp3) is 0.312. The van der Waals surface area contributed by atoms with Crippen molar-refractivity contribution in [1.29, 1.82) is 0 Å². The highest BCUT2D eigenvalue weighted by atomic mass is 79.9. The third-order valence-electron chi connectivity index (χ3n) is 3.21. The van der Waals surface area contributed by atoms with Gasteiger partial charge in [0.2, 0.25) is 5.88 Å². The number of halogens is 1. The SMILES string of the molecule is Brc1cccc(COc2cccc(CNC3CC3)n2)c1. The van der Waals surface area contributed by atoms with E-state index < -0.39 is 0 Å². The summed E-state index contributed by atoms with van der Waals surface area (Å²) in [5.41, 5.74) is 2.16. The van der Waals surface area contributed by atoms with Gasteiger partial charge in [-0.15, -0.1) is 0 Å². The third kappa shape index (κ3) is 4.05. The molecule has 0 aliphatic heterocycles. The van der Waals surface area contributed by atoms with Gasteiger partial charge in [0.15, 0.2) is 0 Å². The average molecular weight is 333 g/mol. The van der Waals surface area contributed by atoms with Crippen LogP contribution >= 0.6 is 15.9 Å². The lowest BCUT2D eigenvalue weighted by atomic mass is 10.2. The van der Waals surface area contributed by atoms with Crippen LogP contribution in [0.15, 0.2) is 46.9 Å². The van der Waals surface area contributed by atoms with Crippen molar-refractivity contribution in [3.05, 3.63) is 58.2 Å². The normalized spacial score (nSPS) is 14.2. The maximum absolute atomic E-state index is 5.75. The molecule has 0 saturated heterocycles. The molecule has 4 heteroatoms. The number of nitrogens with one attached hydrogen (secondary N) is 1. The quantitative estimate of drug-likeness (QED) is 0.876. The predicted octanol–water partition coefficient (Wildman–Crippen LogP) is 3.68. The lowest BCUT2D eigenvalue weighted by molar-refractivity contribution is 0.292. The van der Waals surface area contributed by atoms with E-state index in [4.69, 9.17) is 4.74 Å². The van der Waals surface area contributed by atoms with Crippen molar-refractivity contribution in [3.63, 3.8) is 0 Å². The van der Waals surface area contributed by atoms with Gasteiger partial charge in [-0.1, -0.05) is 34.1 Å². The van der Waals surface area contributed by atoms with E-state index in [1.54, 1.807) is 0 Å². The van der Waals surface area contributed by atoms with Crippen molar-refractivity contribution in [2.45, 2.75) is 32.0 Å². The number of benzene rings is 1. The highest BCUT2D eigenvalue weighted by Gasteiger charge is 2.20. The Labute approximate surface area is 127 Å². The Morgan fingerprint density at radius 1 is 1.20 bits per heavy atom. The molecule has 0 bridgehead atoms. The molecule has 1 aromatic heterocycles. The summed E-state index contributed by atoms with van der Waals surface area (Å²) in [6.07, 6.45) is 2.58. The average Bonchev–Trinajstić information content (AvgIpc) is 3.28. The third-order valence-corrected chi connectivity index (χ3v) is 3.70. The molecule has 20 heavy (non-hydrogen) atoms. The Morgan fingerprint density at radius 2 is 2.05 bits per heavy atom. The van der Waals surface area contributed by atoms with Crippen LogP contribution in [0.25, 0.3) is 0 Å². The smallest absolute Gasteiger partial charge is 0.213 e. The lowest BCUT2D eigenvalue weighted by Crippen LogP contribution is -2.16. The minimum Gasteiger partial charge on any atom is -0.473 e. The van der Waals surface area contributed by atoms with Crippen molar-refractivity contribution < 1.29 is 4.74 Å². The van der Waals surface area contributed by atoms with Crippen LogP contribution in [0.5, 0.6) is 5.88 Å². The van der Waals surface area contributed by atoms with Gasteiger partial charge in [0, 0.05) is 23.1 Å². The van der Waals surface area contributed by atoms with E-state index in [-0.39, 0.29) is 0 Å². The Morgan fingerprint density at radius 3 is 2.85 bits per heavy atom. The first-order valence-corrected chi connectivity index (χ1v) is 7.65. The summed E-state index contributed by atoms with van der Waals surface area (Å²) in [7, 11) is 0. The van der Waals surface area contributed by atoms with Gasteiger partial charge in [0.25, 0.3) is 0 Å². The van der Waals surface area contributed by atoms with Gasteiger partial charge >= 0.3 is 0 Å². The zero-order valence-corrected chi connectivity index (χ0v) is 12.8. The van der Waals surface area contributed by atoms with E-state index in [0.717, 1.165) is 22.3 Å². The molecule has 1 N–H and O–H groups in total. The topological polar surface area (TPSA) is 34.1 Å². The van der Waals surface area contributed by atoms with Crippen LogP contribution in [0.2, 0.25) is 0 Å². The molecule has 1 aliphatic carbocycles. The van der Waals surface area contributed by atoms with E-state index in [0.29, 0.717) is 18.5 Å². The van der Waals surface area contributed by atoms with Crippen LogP contribution < -0.4 is 10.1 Å². The number of hydrogen-bond acceptors (Lipinski definition) is 3. The number of nitrogens with zero attached hydrogens (tertiary/aromatic N) is 1. The summed E-state index contributed by atoms with van der Waals surface area (Å²) in [4.78, 5) is 4.51. The Bertz CT molecular complexity index is 584. The van der Waals surface area contributed by atoms with E-state index >= 15 is 0 Å². The first-order chi connectivity index (χ1) is 9.79. The van der Waals surface area contributed by atoms with Gasteiger partial charge in [-0.25, -0.2) is 4.98 Å². The van der Waals surface area contributed by atoms with Crippen molar-refractivity contribution in [3.8, 4) is 5.88 Å². The second-order valence-electron chi connectivity index (χ2n) is 5.04. The molecule has 1 aromatic carbocycles. The van der Waals surface area contributed by atoms with Gasteiger partial charge in [0.1, 0.15) is 6.61 Å². The molecule has 1 heterocycles. The summed E-state index contributed by atoms with van der Waals surface area (Å²) < 4.78 is 6.81. The van der Waals surface area contributed by atoms with Gasteiger partial charge in [0.05, 0.1) is 5.69 Å². The molecule has 1 aliphatic rings. The predicted molar refractivity (Wildman–Crippen MR) is 82.6 cm³/mol. The zero-order valence-electron chi connectivity index (χ0n) is 11.2. The van der Waals surface area contributed by atoms with E-state index in [1.165, 1.54) is 12.8 Å². The molecule has 0 unspecified atom stereocenters. The van der Waals surface area contributed by atoms with Crippen molar-refractivity contribution in [2.75, 3.05) is 0 Å². The molecule has 0 amide bonds. The monoisotopic (exact) mass is 332 g/mol. The van der Waals surface area contributed by atoms with Crippen molar-refractivity contribution >= 4 is 15.9 Å². The van der Waals surface area contributed by atoms with Gasteiger partial charge in [-0.05, 0) is 36.6 Å². The summed E-state index contributed by atoms with van der Waals surface area (Å²) >= 11 is 3.46. The van der Waals surface area contributed by atoms with E-state index in [9.17, 15) is 0 Å². The minimum atomic E-state index is 0.534. The first kappa shape index (κ1) is 13.6. The van der Waals surface area contributed by atoms with Crippen molar-refractivity contribution in [2.24, 2.45) is 0 Å². The molecule has 3 nitrogen and oxygen atoms in total. The number of aromatic nitrogens is 1. The number of hydrogen-bond donors (Lipinski definition) is 1. The molecule has 104 valence electrons. The number of ether oxygens (including phenoxy) is 1. The zero-order chi connectivity index (χ0) is 13.8. The fourth-order valence-corrected chi connectivity index (χ4v) is 2.40. The lowest BCUT2D eigenvalue weighted by Gasteiger charge is -2.08. The Kier molecular flexibility index (Phi) is 4.33. The second-order valence-corrected chi connectivity index (χ2v) is 5.96. The van der Waals surface area contributed by atoms with Crippen LogP contribution in [0.1, 0.15) is 24.1 Å². The standard InChI is InChI=1S/C16H17BrN2O/c17-13-4-1-3-12(9-13)11-20-16-6-2-5-15(19-16)10-18-14-7-8-14/h1-6,9,14,18H,7-8,10-11H2. The second kappa shape index (κ2) is 6.37.